The van der Waals surface area contributed by atoms with Crippen LogP contribution >= 0.6 is 23.1 Å². The molecule has 3 aromatic rings. The topological polar surface area (TPSA) is 88.3 Å². The van der Waals surface area contributed by atoms with Crippen LogP contribution < -0.4 is 11.1 Å². The molecule has 0 saturated heterocycles. The van der Waals surface area contributed by atoms with Crippen LogP contribution in [0.5, 0.6) is 0 Å². The second-order valence-electron chi connectivity index (χ2n) is 5.78. The lowest BCUT2D eigenvalue weighted by Gasteiger charge is -2.11. The highest BCUT2D eigenvalue weighted by Gasteiger charge is 2.19. The third-order valence-electron chi connectivity index (χ3n) is 3.66. The molecule has 3 amide bonds. The van der Waals surface area contributed by atoms with Crippen molar-refractivity contribution in [3.63, 3.8) is 0 Å². The second kappa shape index (κ2) is 7.76. The third kappa shape index (κ3) is 3.97. The van der Waals surface area contributed by atoms with E-state index in [4.69, 9.17) is 5.73 Å². The minimum Gasteiger partial charge on any atom is -0.365 e. The maximum Gasteiger partial charge on any atom is 0.321 e. The van der Waals surface area contributed by atoms with Gasteiger partial charge in [-0.15, -0.1) is 23.1 Å². The molecule has 0 unspecified atom stereocenters. The molecule has 0 atom stereocenters. The maximum absolute atomic E-state index is 11.9. The summed E-state index contributed by atoms with van der Waals surface area (Å²) in [5.74, 6) is 0.0393. The van der Waals surface area contributed by atoms with Crippen LogP contribution in [0.3, 0.4) is 0 Å². The normalized spacial score (nSPS) is 10.7. The minimum atomic E-state index is -0.561. The van der Waals surface area contributed by atoms with Crippen LogP contribution in [0, 0.1) is 0 Å². The predicted octanol–water partition coefficient (Wildman–Crippen LogP) is 3.78. The van der Waals surface area contributed by atoms with Crippen molar-refractivity contribution in [2.75, 3.05) is 19.4 Å². The molecule has 3 N–H and O–H groups in total. The fraction of sp³-hybridized carbons (Fsp3) is 0.167. The van der Waals surface area contributed by atoms with Crippen LogP contribution in [-0.2, 0) is 5.75 Å². The zero-order chi connectivity index (χ0) is 18.7. The van der Waals surface area contributed by atoms with Crippen LogP contribution in [0.1, 0.15) is 16.1 Å². The Balaban J connectivity index is 1.79. The predicted molar refractivity (Wildman–Crippen MR) is 107 cm³/mol. The van der Waals surface area contributed by atoms with Gasteiger partial charge in [0.15, 0.2) is 0 Å². The molecule has 26 heavy (non-hydrogen) atoms. The molecule has 0 spiro atoms. The van der Waals surface area contributed by atoms with Crippen LogP contribution in [0.25, 0.3) is 10.9 Å². The lowest BCUT2D eigenvalue weighted by atomic mass is 10.2. The van der Waals surface area contributed by atoms with Crippen molar-refractivity contribution in [1.29, 1.82) is 0 Å². The Labute approximate surface area is 159 Å². The Morgan fingerprint density at radius 1 is 1.23 bits per heavy atom. The lowest BCUT2D eigenvalue weighted by Crippen LogP contribution is -2.28. The number of pyridine rings is 1. The lowest BCUT2D eigenvalue weighted by molar-refractivity contribution is 0.0999. The summed E-state index contributed by atoms with van der Waals surface area (Å²) in [6.45, 7) is 0. The Bertz CT molecular complexity index is 969. The van der Waals surface area contributed by atoms with Gasteiger partial charge in [-0.25, -0.2) is 4.79 Å². The maximum atomic E-state index is 11.9. The third-order valence-corrected chi connectivity index (χ3v) is 5.78. The summed E-state index contributed by atoms with van der Waals surface area (Å²) in [4.78, 5) is 30.5. The summed E-state index contributed by atoms with van der Waals surface area (Å²) in [7, 11) is 3.27. The molecule has 0 radical (unpaired) electrons. The molecule has 0 saturated carbocycles. The molecule has 0 bridgehead atoms. The Morgan fingerprint density at radius 3 is 2.73 bits per heavy atom. The number of benzene rings is 1. The first-order valence-corrected chi connectivity index (χ1v) is 9.69. The number of para-hydroxylation sites is 1. The number of thiophene rings is 1. The number of rotatable bonds is 5. The standard InChI is InChI=1S/C18H18N4O2S2/c1-22(2)18(24)21-17-15(16(19)23)14(10-26-17)25-9-12-8-7-11-5-3-4-6-13(11)20-12/h3-8,10H,9H2,1-2H3,(H2,19,23)(H,21,24). The van der Waals surface area contributed by atoms with Gasteiger partial charge in [-0.2, -0.15) is 0 Å². The number of hydrogen-bond acceptors (Lipinski definition) is 5. The second-order valence-corrected chi connectivity index (χ2v) is 7.67. The average Bonchev–Trinajstić information content (AvgIpc) is 3.02. The van der Waals surface area contributed by atoms with Crippen molar-refractivity contribution in [3.05, 3.63) is 53.0 Å². The van der Waals surface area contributed by atoms with Gasteiger partial charge in [0.1, 0.15) is 5.00 Å². The summed E-state index contributed by atoms with van der Waals surface area (Å²) >= 11 is 2.76. The van der Waals surface area contributed by atoms with Gasteiger partial charge >= 0.3 is 6.03 Å². The molecule has 6 nitrogen and oxygen atoms in total. The van der Waals surface area contributed by atoms with Gasteiger partial charge in [0.25, 0.3) is 5.91 Å². The van der Waals surface area contributed by atoms with E-state index >= 15 is 0 Å². The average molecular weight is 387 g/mol. The Morgan fingerprint density at radius 2 is 2.00 bits per heavy atom. The van der Waals surface area contributed by atoms with Crippen LogP contribution in [0.4, 0.5) is 9.80 Å². The fourth-order valence-corrected chi connectivity index (χ4v) is 4.43. The number of carbonyl (C=O) groups is 2. The van der Waals surface area contributed by atoms with Crippen molar-refractivity contribution in [3.8, 4) is 0 Å². The number of hydrogen-bond donors (Lipinski definition) is 2. The molecule has 8 heteroatoms. The first-order valence-electron chi connectivity index (χ1n) is 7.83. The monoisotopic (exact) mass is 386 g/mol. The number of thioether (sulfide) groups is 1. The summed E-state index contributed by atoms with van der Waals surface area (Å²) in [6.07, 6.45) is 0. The number of nitrogens with one attached hydrogen (secondary N) is 1. The van der Waals surface area contributed by atoms with Gasteiger partial charge in [-0.3, -0.25) is 15.1 Å². The highest BCUT2D eigenvalue weighted by atomic mass is 32.2. The van der Waals surface area contributed by atoms with E-state index in [1.54, 1.807) is 14.1 Å². The molecular formula is C18H18N4O2S2. The molecule has 3 rings (SSSR count). The quantitative estimate of drug-likeness (QED) is 0.653. The largest absolute Gasteiger partial charge is 0.365 e. The zero-order valence-electron chi connectivity index (χ0n) is 14.4. The number of anilines is 1. The summed E-state index contributed by atoms with van der Waals surface area (Å²) in [5, 5.41) is 6.09. The number of nitrogens with zero attached hydrogens (tertiary/aromatic N) is 2. The van der Waals surface area contributed by atoms with Gasteiger partial charge in [-0.1, -0.05) is 24.3 Å². The number of primary amides is 1. The van der Waals surface area contributed by atoms with Gasteiger partial charge < -0.3 is 10.6 Å². The van der Waals surface area contributed by atoms with E-state index in [9.17, 15) is 9.59 Å². The summed E-state index contributed by atoms with van der Waals surface area (Å²) < 4.78 is 0. The van der Waals surface area contributed by atoms with Gasteiger partial charge in [0.05, 0.1) is 16.8 Å². The molecular weight excluding hydrogens is 368 g/mol. The molecule has 2 aromatic heterocycles. The number of nitrogens with two attached hydrogens (primary N) is 1. The van der Waals surface area contributed by atoms with E-state index < -0.39 is 5.91 Å². The van der Waals surface area contributed by atoms with Gasteiger partial charge in [-0.05, 0) is 12.1 Å². The molecule has 0 aliphatic heterocycles. The fourth-order valence-electron chi connectivity index (χ4n) is 2.32. The minimum absolute atomic E-state index is 0.304. The SMILES string of the molecule is CN(C)C(=O)Nc1scc(SCc2ccc3ccccc3n2)c1C(N)=O. The van der Waals surface area contributed by atoms with E-state index in [1.165, 1.54) is 28.0 Å². The van der Waals surface area contributed by atoms with Crippen LogP contribution in [0.2, 0.25) is 0 Å². The van der Waals surface area contributed by atoms with E-state index in [2.05, 4.69) is 10.3 Å². The van der Waals surface area contributed by atoms with Crippen molar-refractivity contribution in [2.24, 2.45) is 5.73 Å². The number of fused-ring (bicyclic) bond motifs is 1. The first kappa shape index (κ1) is 18.2. The molecule has 0 fully saturated rings. The molecule has 0 aliphatic rings. The number of urea groups is 1. The smallest absolute Gasteiger partial charge is 0.321 e. The van der Waals surface area contributed by atoms with E-state index in [0.29, 0.717) is 16.3 Å². The van der Waals surface area contributed by atoms with Crippen molar-refractivity contribution in [1.82, 2.24) is 9.88 Å². The Kier molecular flexibility index (Phi) is 5.43. The van der Waals surface area contributed by atoms with Crippen molar-refractivity contribution < 1.29 is 9.59 Å². The van der Waals surface area contributed by atoms with E-state index in [0.717, 1.165) is 21.5 Å². The highest BCUT2D eigenvalue weighted by Crippen LogP contribution is 2.36. The number of amides is 3. The van der Waals surface area contributed by atoms with Crippen molar-refractivity contribution >= 4 is 50.9 Å². The Hall–Kier alpha value is -2.58. The molecule has 1 aromatic carbocycles. The van der Waals surface area contributed by atoms with E-state index in [1.807, 2.05) is 41.8 Å². The zero-order valence-corrected chi connectivity index (χ0v) is 16.0. The number of carbonyl (C=O) groups excluding carboxylic acids is 2. The molecule has 0 aliphatic carbocycles. The van der Waals surface area contributed by atoms with Crippen molar-refractivity contribution in [2.45, 2.75) is 10.6 Å². The molecule has 2 heterocycles. The van der Waals surface area contributed by atoms with Crippen LogP contribution in [0.15, 0.2) is 46.7 Å². The summed E-state index contributed by atoms with van der Waals surface area (Å²) in [5.41, 5.74) is 7.72. The van der Waals surface area contributed by atoms with Gasteiger partial charge in [0.2, 0.25) is 0 Å². The number of aromatic nitrogens is 1. The van der Waals surface area contributed by atoms with E-state index in [-0.39, 0.29) is 6.03 Å². The van der Waals surface area contributed by atoms with Gasteiger partial charge in [0, 0.05) is 35.5 Å². The van der Waals surface area contributed by atoms with Crippen LogP contribution in [-0.4, -0.2) is 35.9 Å². The highest BCUT2D eigenvalue weighted by molar-refractivity contribution is 7.98. The molecule has 134 valence electrons. The summed E-state index contributed by atoms with van der Waals surface area (Å²) in [6, 6.07) is 11.6. The first-order chi connectivity index (χ1) is 12.5.